The normalized spacial score (nSPS) is 10.5. The molecule has 2 N–H and O–H groups in total. The van der Waals surface area contributed by atoms with Gasteiger partial charge in [0.1, 0.15) is 0 Å². The maximum absolute atomic E-state index is 12.4. The van der Waals surface area contributed by atoms with Gasteiger partial charge in [0.25, 0.3) is 5.91 Å². The van der Waals surface area contributed by atoms with Crippen molar-refractivity contribution in [2.45, 2.75) is 13.8 Å². The fourth-order valence-electron chi connectivity index (χ4n) is 2.73. The summed E-state index contributed by atoms with van der Waals surface area (Å²) in [7, 11) is 1.80. The first-order valence-electron chi connectivity index (χ1n) is 8.69. The molecule has 0 bridgehead atoms. The second-order valence-electron chi connectivity index (χ2n) is 6.43. The molecule has 0 fully saturated rings. The fraction of sp³-hybridized carbons (Fsp3) is 0.190. The van der Waals surface area contributed by atoms with Crippen molar-refractivity contribution in [3.8, 4) is 11.3 Å². The predicted octanol–water partition coefficient (Wildman–Crippen LogP) is 3.07. The number of amides is 2. The maximum atomic E-state index is 12.4. The number of nitrogens with one attached hydrogen (secondary N) is 2. The molecule has 2 aromatic carbocycles. The van der Waals surface area contributed by atoms with Crippen LogP contribution in [0.2, 0.25) is 0 Å². The van der Waals surface area contributed by atoms with Crippen LogP contribution in [0.1, 0.15) is 21.6 Å². The van der Waals surface area contributed by atoms with Gasteiger partial charge in [-0.1, -0.05) is 30.3 Å². The van der Waals surface area contributed by atoms with Crippen LogP contribution in [0, 0.1) is 13.8 Å². The highest BCUT2D eigenvalue weighted by atomic mass is 16.2. The van der Waals surface area contributed by atoms with Crippen molar-refractivity contribution < 1.29 is 9.59 Å². The Morgan fingerprint density at radius 1 is 1.00 bits per heavy atom. The van der Waals surface area contributed by atoms with E-state index in [0.29, 0.717) is 5.69 Å². The molecular weight excluding hydrogens is 340 g/mol. The zero-order chi connectivity index (χ0) is 19.4. The lowest BCUT2D eigenvalue weighted by molar-refractivity contribution is -0.115. The minimum atomic E-state index is -0.385. The Morgan fingerprint density at radius 3 is 2.44 bits per heavy atom. The van der Waals surface area contributed by atoms with Gasteiger partial charge < -0.3 is 10.6 Å². The van der Waals surface area contributed by atoms with Crippen molar-refractivity contribution in [1.29, 1.82) is 0 Å². The molecule has 0 saturated heterocycles. The highest BCUT2D eigenvalue weighted by Crippen LogP contribution is 2.22. The van der Waals surface area contributed by atoms with Gasteiger partial charge in [-0.05, 0) is 49.2 Å². The lowest BCUT2D eigenvalue weighted by atomic mass is 10.0. The summed E-state index contributed by atoms with van der Waals surface area (Å²) in [5.74, 6) is -0.677. The summed E-state index contributed by atoms with van der Waals surface area (Å²) >= 11 is 0. The summed E-state index contributed by atoms with van der Waals surface area (Å²) in [5, 5.41) is 9.60. The first kappa shape index (κ1) is 18.4. The van der Waals surface area contributed by atoms with Crippen LogP contribution in [0.15, 0.2) is 54.6 Å². The smallest absolute Gasteiger partial charge is 0.272 e. The van der Waals surface area contributed by atoms with E-state index in [2.05, 4.69) is 28.7 Å². The Balaban J connectivity index is 1.65. The molecule has 0 aliphatic rings. The third-order valence-corrected chi connectivity index (χ3v) is 4.38. The number of anilines is 1. The third-order valence-electron chi connectivity index (χ3n) is 4.38. The van der Waals surface area contributed by atoms with Crippen LogP contribution in [0.25, 0.3) is 11.3 Å². The molecule has 1 heterocycles. The second kappa shape index (κ2) is 7.86. The molecule has 6 nitrogen and oxygen atoms in total. The Labute approximate surface area is 158 Å². The van der Waals surface area contributed by atoms with Crippen LogP contribution in [0.5, 0.6) is 0 Å². The maximum Gasteiger partial charge on any atom is 0.272 e. The largest absolute Gasteiger partial charge is 0.342 e. The second-order valence-corrected chi connectivity index (χ2v) is 6.43. The van der Waals surface area contributed by atoms with Gasteiger partial charge in [0, 0.05) is 18.3 Å². The SMILES string of the molecule is Cc1ccc(-c2cc(C(=O)NCC(=O)Nc3ccccc3)nn2C)cc1C. The van der Waals surface area contributed by atoms with Gasteiger partial charge >= 0.3 is 0 Å². The molecule has 3 rings (SSSR count). The van der Waals surface area contributed by atoms with Crippen LogP contribution in [-0.4, -0.2) is 28.1 Å². The van der Waals surface area contributed by atoms with Crippen molar-refractivity contribution in [2.75, 3.05) is 11.9 Å². The van der Waals surface area contributed by atoms with E-state index in [4.69, 9.17) is 0 Å². The highest BCUT2D eigenvalue weighted by molar-refractivity contribution is 5.98. The summed E-state index contributed by atoms with van der Waals surface area (Å²) < 4.78 is 1.67. The van der Waals surface area contributed by atoms with Gasteiger partial charge in [-0.25, -0.2) is 0 Å². The monoisotopic (exact) mass is 362 g/mol. The van der Waals surface area contributed by atoms with Gasteiger partial charge in [-0.2, -0.15) is 5.10 Å². The molecule has 0 spiro atoms. The average molecular weight is 362 g/mol. The van der Waals surface area contributed by atoms with Gasteiger partial charge in [0.2, 0.25) is 5.91 Å². The number of rotatable bonds is 5. The minimum Gasteiger partial charge on any atom is -0.342 e. The molecule has 0 saturated carbocycles. The molecule has 2 amide bonds. The van der Waals surface area contributed by atoms with Crippen molar-refractivity contribution in [3.63, 3.8) is 0 Å². The molecule has 0 aliphatic carbocycles. The molecule has 0 aliphatic heterocycles. The molecular formula is C21H22N4O2. The van der Waals surface area contributed by atoms with Gasteiger partial charge in [0.15, 0.2) is 5.69 Å². The lowest BCUT2D eigenvalue weighted by Crippen LogP contribution is -2.33. The van der Waals surface area contributed by atoms with Crippen molar-refractivity contribution >= 4 is 17.5 Å². The van der Waals surface area contributed by atoms with E-state index >= 15 is 0 Å². The van der Waals surface area contributed by atoms with E-state index < -0.39 is 0 Å². The Bertz CT molecular complexity index is 977. The summed E-state index contributed by atoms with van der Waals surface area (Å²) in [4.78, 5) is 24.3. The van der Waals surface area contributed by atoms with E-state index in [1.54, 1.807) is 29.9 Å². The fourth-order valence-corrected chi connectivity index (χ4v) is 2.73. The third kappa shape index (κ3) is 4.41. The number of aryl methyl sites for hydroxylation is 3. The summed E-state index contributed by atoms with van der Waals surface area (Å²) in [6, 6.07) is 17.0. The zero-order valence-corrected chi connectivity index (χ0v) is 15.6. The molecule has 0 unspecified atom stereocenters. The molecule has 0 atom stereocenters. The number of hydrogen-bond donors (Lipinski definition) is 2. The number of benzene rings is 2. The van der Waals surface area contributed by atoms with Crippen LogP contribution < -0.4 is 10.6 Å². The predicted molar refractivity (Wildman–Crippen MR) is 106 cm³/mol. The van der Waals surface area contributed by atoms with Crippen LogP contribution in [0.3, 0.4) is 0 Å². The minimum absolute atomic E-state index is 0.122. The molecule has 27 heavy (non-hydrogen) atoms. The van der Waals surface area contributed by atoms with Crippen LogP contribution >= 0.6 is 0 Å². The molecule has 1 aromatic heterocycles. The highest BCUT2D eigenvalue weighted by Gasteiger charge is 2.15. The molecule has 138 valence electrons. The van der Waals surface area contributed by atoms with Gasteiger partial charge in [-0.3, -0.25) is 14.3 Å². The number of carbonyl (C=O) groups excluding carboxylic acids is 2. The van der Waals surface area contributed by atoms with E-state index in [1.165, 1.54) is 11.1 Å². The lowest BCUT2D eigenvalue weighted by Gasteiger charge is -2.05. The topological polar surface area (TPSA) is 76.0 Å². The summed E-state index contributed by atoms with van der Waals surface area (Å²) in [6.45, 7) is 3.99. The number of para-hydroxylation sites is 1. The van der Waals surface area contributed by atoms with E-state index in [1.807, 2.05) is 37.3 Å². The first-order chi connectivity index (χ1) is 12.9. The van der Waals surface area contributed by atoms with Crippen molar-refractivity contribution in [1.82, 2.24) is 15.1 Å². The van der Waals surface area contributed by atoms with E-state index in [0.717, 1.165) is 11.3 Å². The molecule has 3 aromatic rings. The van der Waals surface area contributed by atoms with E-state index in [9.17, 15) is 9.59 Å². The first-order valence-corrected chi connectivity index (χ1v) is 8.69. The van der Waals surface area contributed by atoms with Crippen LogP contribution in [0.4, 0.5) is 5.69 Å². The Hall–Kier alpha value is -3.41. The number of hydrogen-bond acceptors (Lipinski definition) is 3. The quantitative estimate of drug-likeness (QED) is 0.732. The molecule has 6 heteroatoms. The average Bonchev–Trinajstić information content (AvgIpc) is 3.05. The molecule has 0 radical (unpaired) electrons. The summed E-state index contributed by atoms with van der Waals surface area (Å²) in [6.07, 6.45) is 0. The van der Waals surface area contributed by atoms with Crippen molar-refractivity contribution in [2.24, 2.45) is 7.05 Å². The van der Waals surface area contributed by atoms with Gasteiger partial charge in [0.05, 0.1) is 12.2 Å². The number of aromatic nitrogens is 2. The Morgan fingerprint density at radius 2 is 1.74 bits per heavy atom. The zero-order valence-electron chi connectivity index (χ0n) is 15.6. The van der Waals surface area contributed by atoms with Crippen molar-refractivity contribution in [3.05, 3.63) is 71.4 Å². The number of carbonyl (C=O) groups is 2. The van der Waals surface area contributed by atoms with Gasteiger partial charge in [-0.15, -0.1) is 0 Å². The summed E-state index contributed by atoms with van der Waals surface area (Å²) in [5.41, 5.74) is 5.19. The van der Waals surface area contributed by atoms with E-state index in [-0.39, 0.29) is 24.1 Å². The standard InChI is InChI=1S/C21H22N4O2/c1-14-9-10-16(11-15(14)2)19-12-18(24-25(19)3)21(27)22-13-20(26)23-17-7-5-4-6-8-17/h4-12H,13H2,1-3H3,(H,22,27)(H,23,26). The van der Waals surface area contributed by atoms with Crippen LogP contribution in [-0.2, 0) is 11.8 Å². The Kier molecular flexibility index (Phi) is 5.35. The number of nitrogens with zero attached hydrogens (tertiary/aromatic N) is 2.